The Morgan fingerprint density at radius 3 is 0.931 bits per heavy atom. The Balaban J connectivity index is -0.000000337. The van der Waals surface area contributed by atoms with E-state index in [0.717, 1.165) is 78.9 Å². The number of unbranched alkanes of at least 4 members (excludes halogenated alkanes) is 2. The van der Waals surface area contributed by atoms with Crippen molar-refractivity contribution in [2.75, 3.05) is 26.2 Å². The van der Waals surface area contributed by atoms with Crippen LogP contribution in [0.5, 0.6) is 0 Å². The molecule has 2 rings (SSSR count). The minimum Gasteiger partial charge on any atom is -0.432 e. The van der Waals surface area contributed by atoms with E-state index in [1.165, 1.54) is 25.7 Å². The summed E-state index contributed by atoms with van der Waals surface area (Å²) in [5.74, 6) is 0. The summed E-state index contributed by atoms with van der Waals surface area (Å²) in [6.07, 6.45) is 8.59. The lowest BCUT2D eigenvalue weighted by atomic mass is 10.4. The molecule has 0 aromatic heterocycles. The first-order valence-electron chi connectivity index (χ1n) is 22.2. The first-order chi connectivity index (χ1) is 26.3. The molecule has 0 atom stereocenters. The van der Waals surface area contributed by atoms with Crippen molar-refractivity contribution in [3.63, 3.8) is 0 Å². The van der Waals surface area contributed by atoms with Gasteiger partial charge in [-0.2, -0.15) is 0 Å². The topological polar surface area (TPSA) is 185 Å². The molecule has 0 bridgehead atoms. The standard InChI is InChI=1S/C15H19NOSi.C11H27NOSi.2C9H23NOSi.2CH4/c16-12-7-13-18(17,14-8-3-1-4-9-14)15-10-5-2-6-11-15;1-3-5-9-14(13,10-6-4-2)11-7-8-12;2*1-8(2)12(11,9(3)4)7-5-6-10;;/h1-6,8-11,17H,7,12-13,16H2;13H,3-12H2,1-2H3;2*8-9,11H,5-7,10H2,1-4H3;2*1H4. The van der Waals surface area contributed by atoms with Crippen LogP contribution in [-0.2, 0) is 0 Å². The molecule has 0 unspecified atom stereocenters. The first-order valence-corrected chi connectivity index (χ1v) is 31.5. The molecule has 0 radical (unpaired) electrons. The highest BCUT2D eigenvalue weighted by Gasteiger charge is 2.38. The second kappa shape index (κ2) is 35.6. The molecule has 2 aromatic carbocycles. The van der Waals surface area contributed by atoms with Crippen LogP contribution < -0.4 is 33.3 Å². The van der Waals surface area contributed by atoms with Gasteiger partial charge in [0.15, 0.2) is 25.0 Å². The van der Waals surface area contributed by atoms with E-state index in [4.69, 9.17) is 22.9 Å². The maximum atomic E-state index is 11.2. The van der Waals surface area contributed by atoms with Crippen molar-refractivity contribution in [1.29, 1.82) is 0 Å². The molecule has 0 spiro atoms. The van der Waals surface area contributed by atoms with Gasteiger partial charge in [-0.25, -0.2) is 0 Å². The second-order valence-electron chi connectivity index (χ2n) is 17.2. The Morgan fingerprint density at radius 2 is 0.672 bits per heavy atom. The van der Waals surface area contributed by atoms with Crippen LogP contribution in [0.4, 0.5) is 0 Å². The monoisotopic (exact) mass is 885 g/mol. The first kappa shape index (κ1) is 63.6. The lowest BCUT2D eigenvalue weighted by molar-refractivity contribution is 0.486. The minimum absolute atomic E-state index is 0. The molecule has 0 aliphatic carbocycles. The molecule has 0 heterocycles. The van der Waals surface area contributed by atoms with Gasteiger partial charge in [-0.1, -0.05) is 170 Å². The van der Waals surface area contributed by atoms with Crippen LogP contribution in [0.15, 0.2) is 60.7 Å². The Kier molecular flexibility index (Phi) is 39.0. The fourth-order valence-electron chi connectivity index (χ4n) is 7.32. The zero-order chi connectivity index (χ0) is 43.3. The Bertz CT molecular complexity index is 1070. The number of hydrogen-bond donors (Lipinski definition) is 8. The molecule has 0 saturated heterocycles. The van der Waals surface area contributed by atoms with Crippen LogP contribution in [0.25, 0.3) is 0 Å². The van der Waals surface area contributed by atoms with E-state index < -0.39 is 33.3 Å². The smallest absolute Gasteiger partial charge is 0.252 e. The summed E-state index contributed by atoms with van der Waals surface area (Å²) in [4.78, 5) is 42.4. The summed E-state index contributed by atoms with van der Waals surface area (Å²) in [7, 11) is -8.51. The molecule has 0 amide bonds. The average molecular weight is 886 g/mol. The van der Waals surface area contributed by atoms with Crippen LogP contribution in [0.2, 0.25) is 58.4 Å². The van der Waals surface area contributed by atoms with E-state index in [2.05, 4.69) is 69.2 Å². The fourth-order valence-corrected chi connectivity index (χ4v) is 20.6. The van der Waals surface area contributed by atoms with E-state index in [0.29, 0.717) is 41.8 Å². The van der Waals surface area contributed by atoms with Crippen LogP contribution in [0, 0.1) is 0 Å². The highest BCUT2D eigenvalue weighted by molar-refractivity contribution is 6.96. The van der Waals surface area contributed by atoms with Gasteiger partial charge in [-0.3, -0.25) is 0 Å². The number of benzene rings is 2. The number of rotatable bonds is 24. The molecule has 12 N–H and O–H groups in total. The van der Waals surface area contributed by atoms with Crippen LogP contribution in [-0.4, -0.2) is 78.6 Å². The van der Waals surface area contributed by atoms with E-state index in [1.54, 1.807) is 0 Å². The molecule has 0 saturated carbocycles. The predicted octanol–water partition coefficient (Wildman–Crippen LogP) is 9.42. The molecule has 8 nitrogen and oxygen atoms in total. The molecule has 58 heavy (non-hydrogen) atoms. The summed E-state index contributed by atoms with van der Waals surface area (Å²) < 4.78 is 0. The zero-order valence-corrected chi connectivity index (χ0v) is 41.9. The van der Waals surface area contributed by atoms with Crippen molar-refractivity contribution in [3.8, 4) is 0 Å². The third-order valence-electron chi connectivity index (χ3n) is 11.6. The van der Waals surface area contributed by atoms with Crippen LogP contribution in [0.3, 0.4) is 0 Å². The molecule has 12 heteroatoms. The Morgan fingerprint density at radius 1 is 0.414 bits per heavy atom. The third-order valence-corrected chi connectivity index (χ3v) is 29.5. The van der Waals surface area contributed by atoms with E-state index in [1.807, 2.05) is 60.7 Å². The van der Waals surface area contributed by atoms with E-state index in [-0.39, 0.29) is 14.9 Å². The van der Waals surface area contributed by atoms with Gasteiger partial charge in [0.05, 0.1) is 0 Å². The Hall–Kier alpha value is -1.01. The summed E-state index contributed by atoms with van der Waals surface area (Å²) in [6, 6.07) is 25.9. The van der Waals surface area contributed by atoms with Crippen molar-refractivity contribution in [2.24, 2.45) is 22.9 Å². The minimum atomic E-state index is -2.60. The second-order valence-corrected chi connectivity index (χ2v) is 34.1. The van der Waals surface area contributed by atoms with Crippen LogP contribution in [0.1, 0.15) is 135 Å². The van der Waals surface area contributed by atoms with Gasteiger partial charge in [-0.05, 0) is 121 Å². The van der Waals surface area contributed by atoms with Gasteiger partial charge < -0.3 is 42.1 Å². The number of nitrogens with two attached hydrogens (primary N) is 4. The van der Waals surface area contributed by atoms with E-state index >= 15 is 0 Å². The van der Waals surface area contributed by atoms with Gasteiger partial charge in [0, 0.05) is 0 Å². The SMILES string of the molecule is C.C.CC(C)[Si](O)(CCCN)C(C)C.CC(C)[Si](O)(CCCN)C(C)C.CCCC[Si](O)(CCCC)CCCN.NCCC[Si](O)(c1ccccc1)c1ccccc1. The third kappa shape index (κ3) is 24.4. The zero-order valence-electron chi connectivity index (χ0n) is 37.9. The van der Waals surface area contributed by atoms with Gasteiger partial charge in [0.2, 0.25) is 0 Å². The largest absolute Gasteiger partial charge is 0.432 e. The fraction of sp³-hybridized carbons (Fsp3) is 0.739. The molecular weight excluding hydrogens is 785 g/mol. The van der Waals surface area contributed by atoms with Crippen molar-refractivity contribution in [3.05, 3.63) is 60.7 Å². The van der Waals surface area contributed by atoms with Crippen molar-refractivity contribution < 1.29 is 19.2 Å². The molecule has 0 aliphatic heterocycles. The summed E-state index contributed by atoms with van der Waals surface area (Å²) >= 11 is 0. The molecule has 344 valence electrons. The van der Waals surface area contributed by atoms with Crippen molar-refractivity contribution in [2.45, 2.75) is 194 Å². The maximum Gasteiger partial charge on any atom is 0.252 e. The lowest BCUT2D eigenvalue weighted by Gasteiger charge is -2.33. The van der Waals surface area contributed by atoms with Gasteiger partial charge in [0.25, 0.3) is 8.32 Å². The van der Waals surface area contributed by atoms with E-state index in [9.17, 15) is 19.2 Å². The number of hydrogen-bond acceptors (Lipinski definition) is 8. The molecule has 0 aliphatic rings. The molecular formula is C46H100N4O4Si4. The van der Waals surface area contributed by atoms with Crippen molar-refractivity contribution >= 4 is 43.6 Å². The molecule has 0 fully saturated rings. The quantitative estimate of drug-likeness (QED) is 0.0480. The highest BCUT2D eigenvalue weighted by Crippen LogP contribution is 2.34. The summed E-state index contributed by atoms with van der Waals surface area (Å²) in [5.41, 5.74) is 23.8. The predicted molar refractivity (Wildman–Crippen MR) is 271 cm³/mol. The average Bonchev–Trinajstić information content (AvgIpc) is 3.19. The van der Waals surface area contributed by atoms with Gasteiger partial charge in [0.1, 0.15) is 0 Å². The highest BCUT2D eigenvalue weighted by atomic mass is 28.4. The summed E-state index contributed by atoms with van der Waals surface area (Å²) in [6.45, 7) is 24.2. The van der Waals surface area contributed by atoms with Crippen molar-refractivity contribution in [1.82, 2.24) is 0 Å². The van der Waals surface area contributed by atoms with Gasteiger partial charge >= 0.3 is 0 Å². The van der Waals surface area contributed by atoms with Gasteiger partial charge in [-0.15, -0.1) is 0 Å². The Labute approximate surface area is 364 Å². The van der Waals surface area contributed by atoms with Crippen LogP contribution >= 0.6 is 0 Å². The normalized spacial score (nSPS) is 11.8. The molecule has 2 aromatic rings. The maximum absolute atomic E-state index is 11.2. The summed E-state index contributed by atoms with van der Waals surface area (Å²) in [5, 5.41) is 2.12. The lowest BCUT2D eigenvalue weighted by Crippen LogP contribution is -2.58.